The van der Waals surface area contributed by atoms with Crippen LogP contribution < -0.4 is 5.43 Å². The van der Waals surface area contributed by atoms with Gasteiger partial charge in [-0.05, 0) is 0 Å². The SMILES string of the molecule is OCCNn1cnc(O)c1. The third kappa shape index (κ3) is 1.63. The maximum Gasteiger partial charge on any atom is 0.231 e. The average Bonchev–Trinajstić information content (AvgIpc) is 2.31. The van der Waals surface area contributed by atoms with Crippen LogP contribution in [0.5, 0.6) is 5.88 Å². The van der Waals surface area contributed by atoms with Crippen molar-refractivity contribution in [2.45, 2.75) is 0 Å². The van der Waals surface area contributed by atoms with Gasteiger partial charge in [0, 0.05) is 0 Å². The Kier molecular flexibility index (Phi) is 2.11. The van der Waals surface area contributed by atoms with Gasteiger partial charge in [0.1, 0.15) is 6.33 Å². The monoisotopic (exact) mass is 143 g/mol. The number of hydrogen-bond donors (Lipinski definition) is 3. The van der Waals surface area contributed by atoms with E-state index < -0.39 is 0 Å². The van der Waals surface area contributed by atoms with Crippen molar-refractivity contribution < 1.29 is 10.2 Å². The minimum atomic E-state index is -0.0366. The van der Waals surface area contributed by atoms with Crippen LogP contribution in [0.25, 0.3) is 0 Å². The second kappa shape index (κ2) is 3.07. The Morgan fingerprint density at radius 2 is 2.50 bits per heavy atom. The fraction of sp³-hybridized carbons (Fsp3) is 0.400. The standard InChI is InChI=1S/C5H9N3O2/c9-2-1-7-8-3-5(10)6-4-8/h3-4,7,9-10H,1-2H2. The van der Waals surface area contributed by atoms with Gasteiger partial charge in [-0.25, -0.2) is 4.98 Å². The highest BCUT2D eigenvalue weighted by atomic mass is 16.3. The van der Waals surface area contributed by atoms with Crippen LogP contribution in [0.2, 0.25) is 0 Å². The molecule has 0 aliphatic rings. The van der Waals surface area contributed by atoms with E-state index in [1.165, 1.54) is 17.2 Å². The van der Waals surface area contributed by atoms with E-state index in [0.29, 0.717) is 6.54 Å². The summed E-state index contributed by atoms with van der Waals surface area (Å²) in [6.07, 6.45) is 2.83. The maximum absolute atomic E-state index is 8.72. The molecule has 5 nitrogen and oxygen atoms in total. The van der Waals surface area contributed by atoms with Gasteiger partial charge in [-0.1, -0.05) is 0 Å². The number of imidazole rings is 1. The molecule has 1 aromatic rings. The Labute approximate surface area is 57.9 Å². The summed E-state index contributed by atoms with van der Waals surface area (Å²) in [6, 6.07) is 0. The van der Waals surface area contributed by atoms with Crippen molar-refractivity contribution in [2.24, 2.45) is 0 Å². The Morgan fingerprint density at radius 1 is 1.70 bits per heavy atom. The van der Waals surface area contributed by atoms with Crippen LogP contribution in [0.15, 0.2) is 12.5 Å². The number of aliphatic hydroxyl groups is 1. The molecule has 0 radical (unpaired) electrons. The van der Waals surface area contributed by atoms with Gasteiger partial charge >= 0.3 is 0 Å². The molecule has 56 valence electrons. The zero-order valence-corrected chi connectivity index (χ0v) is 5.36. The van der Waals surface area contributed by atoms with E-state index >= 15 is 0 Å². The summed E-state index contributed by atoms with van der Waals surface area (Å²) in [4.78, 5) is 3.54. The largest absolute Gasteiger partial charge is 0.492 e. The van der Waals surface area contributed by atoms with Crippen LogP contribution in [0.4, 0.5) is 0 Å². The number of hydrogen-bond acceptors (Lipinski definition) is 4. The average molecular weight is 143 g/mol. The molecule has 0 atom stereocenters. The molecule has 0 aromatic carbocycles. The third-order valence-corrected chi connectivity index (χ3v) is 0.975. The van der Waals surface area contributed by atoms with Gasteiger partial charge in [0.15, 0.2) is 0 Å². The quantitative estimate of drug-likeness (QED) is 0.514. The van der Waals surface area contributed by atoms with E-state index in [1.54, 1.807) is 0 Å². The normalized spacial score (nSPS) is 9.70. The number of rotatable bonds is 3. The number of nitrogens with one attached hydrogen (secondary N) is 1. The van der Waals surface area contributed by atoms with E-state index in [9.17, 15) is 0 Å². The Balaban J connectivity index is 2.42. The molecule has 10 heavy (non-hydrogen) atoms. The molecule has 0 saturated heterocycles. The highest BCUT2D eigenvalue weighted by Crippen LogP contribution is 1.98. The van der Waals surface area contributed by atoms with Crippen molar-refractivity contribution in [1.29, 1.82) is 0 Å². The van der Waals surface area contributed by atoms with Crippen LogP contribution in [-0.2, 0) is 0 Å². The lowest BCUT2D eigenvalue weighted by molar-refractivity contribution is 0.307. The Morgan fingerprint density at radius 3 is 3.00 bits per heavy atom. The summed E-state index contributed by atoms with van der Waals surface area (Å²) in [5.41, 5.74) is 2.76. The number of aliphatic hydroxyl groups excluding tert-OH is 1. The van der Waals surface area contributed by atoms with Crippen LogP contribution >= 0.6 is 0 Å². The van der Waals surface area contributed by atoms with Crippen molar-refractivity contribution in [3.8, 4) is 5.88 Å². The molecule has 1 rings (SSSR count). The van der Waals surface area contributed by atoms with E-state index in [4.69, 9.17) is 10.2 Å². The summed E-state index contributed by atoms with van der Waals surface area (Å²) < 4.78 is 1.48. The third-order valence-electron chi connectivity index (χ3n) is 0.975. The first-order chi connectivity index (χ1) is 4.83. The molecule has 0 saturated carbocycles. The fourth-order valence-electron chi connectivity index (χ4n) is 0.578. The smallest absolute Gasteiger partial charge is 0.231 e. The first-order valence-corrected chi connectivity index (χ1v) is 2.90. The number of aromatic hydroxyl groups is 1. The molecular formula is C5H9N3O2. The lowest BCUT2D eigenvalue weighted by Gasteiger charge is -2.01. The molecule has 3 N–H and O–H groups in total. The molecule has 0 aliphatic carbocycles. The molecule has 0 spiro atoms. The van der Waals surface area contributed by atoms with Crippen molar-refractivity contribution in [2.75, 3.05) is 18.6 Å². The Bertz CT molecular complexity index is 199. The summed E-state index contributed by atoms with van der Waals surface area (Å²) in [7, 11) is 0. The van der Waals surface area contributed by atoms with Gasteiger partial charge < -0.3 is 15.6 Å². The summed E-state index contributed by atoms with van der Waals surface area (Å²) >= 11 is 0. The van der Waals surface area contributed by atoms with E-state index in [-0.39, 0.29) is 12.5 Å². The van der Waals surface area contributed by atoms with Crippen molar-refractivity contribution >= 4 is 0 Å². The number of nitrogens with zero attached hydrogens (tertiary/aromatic N) is 2. The van der Waals surface area contributed by atoms with Crippen molar-refractivity contribution in [3.05, 3.63) is 12.5 Å². The first kappa shape index (κ1) is 6.88. The van der Waals surface area contributed by atoms with Crippen LogP contribution in [-0.4, -0.2) is 33.0 Å². The van der Waals surface area contributed by atoms with Gasteiger partial charge in [0.05, 0.1) is 19.3 Å². The molecule has 0 fully saturated rings. The predicted molar refractivity (Wildman–Crippen MR) is 35.2 cm³/mol. The van der Waals surface area contributed by atoms with Gasteiger partial charge in [0.25, 0.3) is 0 Å². The van der Waals surface area contributed by atoms with E-state index in [2.05, 4.69) is 10.4 Å². The van der Waals surface area contributed by atoms with Crippen LogP contribution in [0, 0.1) is 0 Å². The highest BCUT2D eigenvalue weighted by Gasteiger charge is 1.91. The van der Waals surface area contributed by atoms with Gasteiger partial charge in [-0.2, -0.15) is 0 Å². The highest BCUT2D eigenvalue weighted by molar-refractivity contribution is 5.01. The molecule has 1 heterocycles. The maximum atomic E-state index is 8.72. The second-order valence-corrected chi connectivity index (χ2v) is 1.77. The molecular weight excluding hydrogens is 134 g/mol. The zero-order chi connectivity index (χ0) is 7.40. The molecule has 0 bridgehead atoms. The Hall–Kier alpha value is -1.23. The van der Waals surface area contributed by atoms with Gasteiger partial charge in [-0.3, -0.25) is 4.68 Å². The first-order valence-electron chi connectivity index (χ1n) is 2.90. The molecule has 1 aromatic heterocycles. The lowest BCUT2D eigenvalue weighted by atomic mass is 10.7. The van der Waals surface area contributed by atoms with E-state index in [1.807, 2.05) is 0 Å². The van der Waals surface area contributed by atoms with Crippen LogP contribution in [0.3, 0.4) is 0 Å². The summed E-state index contributed by atoms with van der Waals surface area (Å²) in [6.45, 7) is 0.495. The minimum absolute atomic E-state index is 0.0366. The second-order valence-electron chi connectivity index (χ2n) is 1.77. The predicted octanol–water partition coefficient (Wildman–Crippen LogP) is -0.876. The molecule has 0 unspecified atom stereocenters. The summed E-state index contributed by atoms with van der Waals surface area (Å²) in [5, 5.41) is 17.1. The molecule has 0 amide bonds. The minimum Gasteiger partial charge on any atom is -0.492 e. The molecule has 0 aliphatic heterocycles. The van der Waals surface area contributed by atoms with Gasteiger partial charge in [-0.15, -0.1) is 0 Å². The van der Waals surface area contributed by atoms with Crippen molar-refractivity contribution in [1.82, 2.24) is 9.66 Å². The zero-order valence-electron chi connectivity index (χ0n) is 5.36. The topological polar surface area (TPSA) is 70.3 Å². The number of aromatic nitrogens is 2. The van der Waals surface area contributed by atoms with Crippen molar-refractivity contribution in [3.63, 3.8) is 0 Å². The fourth-order valence-corrected chi connectivity index (χ4v) is 0.578. The van der Waals surface area contributed by atoms with Gasteiger partial charge in [0.2, 0.25) is 5.88 Å². The summed E-state index contributed by atoms with van der Waals surface area (Å²) in [5.74, 6) is -0.0366. The molecule has 5 heteroatoms. The van der Waals surface area contributed by atoms with E-state index in [0.717, 1.165) is 0 Å². The van der Waals surface area contributed by atoms with Crippen LogP contribution in [0.1, 0.15) is 0 Å². The lowest BCUT2D eigenvalue weighted by Crippen LogP contribution is -2.16.